The zero-order chi connectivity index (χ0) is 18.3. The number of carbonyl (C=O) groups is 1. The van der Waals surface area contributed by atoms with E-state index in [1.807, 2.05) is 12.1 Å². The number of amides is 1. The molecule has 4 rings (SSSR count). The molecule has 1 amide bonds. The van der Waals surface area contributed by atoms with E-state index in [0.29, 0.717) is 10.8 Å². The molecule has 0 aliphatic heterocycles. The van der Waals surface area contributed by atoms with Gasteiger partial charge in [-0.05, 0) is 35.4 Å². The van der Waals surface area contributed by atoms with Crippen LogP contribution in [0.25, 0.3) is 10.8 Å². The van der Waals surface area contributed by atoms with Gasteiger partial charge in [-0.2, -0.15) is 5.10 Å². The second-order valence-electron chi connectivity index (χ2n) is 7.48. The first-order valence-electron chi connectivity index (χ1n) is 8.85. The minimum atomic E-state index is -0.290. The maximum atomic E-state index is 12.9. The lowest BCUT2D eigenvalue weighted by atomic mass is 9.71. The number of hydrogen-bond donors (Lipinski definition) is 2. The second-order valence-corrected chi connectivity index (χ2v) is 7.48. The fourth-order valence-corrected chi connectivity index (χ4v) is 3.88. The molecule has 5 nitrogen and oxygen atoms in total. The van der Waals surface area contributed by atoms with Gasteiger partial charge in [-0.1, -0.05) is 56.3 Å². The van der Waals surface area contributed by atoms with Crippen molar-refractivity contribution in [2.24, 2.45) is 0 Å². The summed E-state index contributed by atoms with van der Waals surface area (Å²) in [5.41, 5.74) is 2.49. The molecule has 2 N–H and O–H groups in total. The van der Waals surface area contributed by atoms with Gasteiger partial charge in [0.2, 0.25) is 0 Å². The molecule has 1 aliphatic carbocycles. The fraction of sp³-hybridized carbons (Fsp3) is 0.286. The van der Waals surface area contributed by atoms with E-state index in [4.69, 9.17) is 0 Å². The number of aromatic amines is 1. The van der Waals surface area contributed by atoms with Crippen molar-refractivity contribution in [3.8, 4) is 0 Å². The molecule has 26 heavy (non-hydrogen) atoms. The second kappa shape index (κ2) is 6.09. The summed E-state index contributed by atoms with van der Waals surface area (Å²) in [5, 5.41) is 10.6. The number of fused-ring (bicyclic) bond motifs is 2. The van der Waals surface area contributed by atoms with Crippen molar-refractivity contribution in [2.75, 3.05) is 0 Å². The van der Waals surface area contributed by atoms with Crippen LogP contribution in [0.2, 0.25) is 0 Å². The van der Waals surface area contributed by atoms with Crippen molar-refractivity contribution in [3.05, 3.63) is 75.7 Å². The van der Waals surface area contributed by atoms with Gasteiger partial charge in [0.15, 0.2) is 5.69 Å². The van der Waals surface area contributed by atoms with Crippen LogP contribution in [-0.2, 0) is 5.41 Å². The maximum Gasteiger partial charge on any atom is 0.272 e. The van der Waals surface area contributed by atoms with E-state index in [0.717, 1.165) is 18.4 Å². The van der Waals surface area contributed by atoms with E-state index in [1.54, 1.807) is 24.3 Å². The van der Waals surface area contributed by atoms with Gasteiger partial charge in [0.25, 0.3) is 11.5 Å². The Morgan fingerprint density at radius 2 is 1.81 bits per heavy atom. The molecule has 1 unspecified atom stereocenters. The summed E-state index contributed by atoms with van der Waals surface area (Å²) in [6.45, 7) is 4.47. The quantitative estimate of drug-likeness (QED) is 0.745. The first kappa shape index (κ1) is 16.5. The highest BCUT2D eigenvalue weighted by Crippen LogP contribution is 2.41. The van der Waals surface area contributed by atoms with Crippen molar-refractivity contribution in [2.45, 2.75) is 38.1 Å². The minimum Gasteiger partial charge on any atom is -0.344 e. The predicted octanol–water partition coefficient (Wildman–Crippen LogP) is 3.47. The van der Waals surface area contributed by atoms with Crippen molar-refractivity contribution in [3.63, 3.8) is 0 Å². The van der Waals surface area contributed by atoms with Crippen LogP contribution in [0, 0.1) is 0 Å². The summed E-state index contributed by atoms with van der Waals surface area (Å²) >= 11 is 0. The molecule has 3 aromatic rings. The number of rotatable bonds is 2. The van der Waals surface area contributed by atoms with Crippen molar-refractivity contribution in [1.29, 1.82) is 0 Å². The highest BCUT2D eigenvalue weighted by atomic mass is 16.2. The number of aromatic nitrogens is 2. The number of nitrogens with zero attached hydrogens (tertiary/aromatic N) is 1. The number of hydrogen-bond acceptors (Lipinski definition) is 3. The highest BCUT2D eigenvalue weighted by molar-refractivity contribution is 6.04. The minimum absolute atomic E-state index is 0.0563. The van der Waals surface area contributed by atoms with Crippen LogP contribution >= 0.6 is 0 Å². The fourth-order valence-electron chi connectivity index (χ4n) is 3.88. The maximum absolute atomic E-state index is 12.9. The van der Waals surface area contributed by atoms with Crippen LogP contribution in [0.1, 0.15) is 54.3 Å². The molecule has 0 spiro atoms. The van der Waals surface area contributed by atoms with Crippen molar-refractivity contribution < 1.29 is 4.79 Å². The normalized spacial score (nSPS) is 18.3. The number of H-pyrrole nitrogens is 1. The van der Waals surface area contributed by atoms with Crippen LogP contribution in [0.15, 0.2) is 53.3 Å². The molecule has 1 heterocycles. The standard InChI is InChI=1S/C21H21N3O2/c1-21(2)12-11-17(15-9-5-6-10-16(15)21)22-20(26)18-13-7-3-4-8-14(13)19(25)24-23-18/h3-10,17H,11-12H2,1-2H3,(H,22,26)(H,24,25). The van der Waals surface area contributed by atoms with Gasteiger partial charge in [0.1, 0.15) is 0 Å². The average molecular weight is 347 g/mol. The van der Waals surface area contributed by atoms with Crippen LogP contribution in [0.5, 0.6) is 0 Å². The monoisotopic (exact) mass is 347 g/mol. The lowest BCUT2D eigenvalue weighted by Gasteiger charge is -2.37. The molecule has 0 saturated carbocycles. The van der Waals surface area contributed by atoms with E-state index in [1.165, 1.54) is 5.56 Å². The Balaban J connectivity index is 1.70. The zero-order valence-electron chi connectivity index (χ0n) is 14.9. The van der Waals surface area contributed by atoms with Crippen LogP contribution in [0.4, 0.5) is 0 Å². The van der Waals surface area contributed by atoms with Crippen molar-refractivity contribution >= 4 is 16.7 Å². The third-order valence-corrected chi connectivity index (χ3v) is 5.34. The molecule has 0 fully saturated rings. The average Bonchev–Trinajstić information content (AvgIpc) is 2.65. The van der Waals surface area contributed by atoms with Crippen LogP contribution in [-0.4, -0.2) is 16.1 Å². The molecule has 1 atom stereocenters. The Hall–Kier alpha value is -2.95. The van der Waals surface area contributed by atoms with Gasteiger partial charge in [0.05, 0.1) is 11.4 Å². The van der Waals surface area contributed by atoms with E-state index >= 15 is 0 Å². The highest BCUT2D eigenvalue weighted by Gasteiger charge is 2.33. The van der Waals surface area contributed by atoms with E-state index < -0.39 is 0 Å². The number of benzene rings is 2. The molecule has 0 bridgehead atoms. The van der Waals surface area contributed by atoms with Gasteiger partial charge in [-0.15, -0.1) is 0 Å². The lowest BCUT2D eigenvalue weighted by molar-refractivity contribution is 0.0925. The van der Waals surface area contributed by atoms with E-state index in [-0.39, 0.29) is 28.6 Å². The van der Waals surface area contributed by atoms with Gasteiger partial charge < -0.3 is 5.32 Å². The first-order valence-corrected chi connectivity index (χ1v) is 8.85. The van der Waals surface area contributed by atoms with E-state index in [9.17, 15) is 9.59 Å². The van der Waals surface area contributed by atoms with Crippen molar-refractivity contribution in [1.82, 2.24) is 15.5 Å². The van der Waals surface area contributed by atoms with Crippen LogP contribution in [0.3, 0.4) is 0 Å². The Bertz CT molecular complexity index is 1050. The molecule has 1 aromatic heterocycles. The van der Waals surface area contributed by atoms with E-state index in [2.05, 4.69) is 41.5 Å². The van der Waals surface area contributed by atoms with Gasteiger partial charge in [0, 0.05) is 5.39 Å². The Labute approximate surface area is 151 Å². The predicted molar refractivity (Wildman–Crippen MR) is 101 cm³/mol. The smallest absolute Gasteiger partial charge is 0.272 e. The zero-order valence-corrected chi connectivity index (χ0v) is 14.9. The molecule has 0 saturated heterocycles. The lowest BCUT2D eigenvalue weighted by Crippen LogP contribution is -2.36. The third kappa shape index (κ3) is 2.69. The molecule has 0 radical (unpaired) electrons. The summed E-state index contributed by atoms with van der Waals surface area (Å²) in [5.74, 6) is -0.267. The molecule has 2 aromatic carbocycles. The summed E-state index contributed by atoms with van der Waals surface area (Å²) in [4.78, 5) is 24.8. The molecule has 1 aliphatic rings. The first-order chi connectivity index (χ1) is 12.5. The largest absolute Gasteiger partial charge is 0.344 e. The van der Waals surface area contributed by atoms with Gasteiger partial charge in [-0.3, -0.25) is 9.59 Å². The Kier molecular flexibility index (Phi) is 3.87. The summed E-state index contributed by atoms with van der Waals surface area (Å²) in [7, 11) is 0. The summed E-state index contributed by atoms with van der Waals surface area (Å²) < 4.78 is 0. The van der Waals surface area contributed by atoms with Crippen LogP contribution < -0.4 is 10.9 Å². The number of carbonyl (C=O) groups excluding carboxylic acids is 1. The molecule has 5 heteroatoms. The number of nitrogens with one attached hydrogen (secondary N) is 2. The summed E-state index contributed by atoms with van der Waals surface area (Å²) in [6.07, 6.45) is 1.87. The molecular formula is C21H21N3O2. The molecule has 132 valence electrons. The SMILES string of the molecule is CC1(C)CCC(NC(=O)c2n[nH]c(=O)c3ccccc23)c2ccccc21. The van der Waals surface area contributed by atoms with Gasteiger partial charge in [-0.25, -0.2) is 5.10 Å². The Morgan fingerprint density at radius 3 is 2.62 bits per heavy atom. The third-order valence-electron chi connectivity index (χ3n) is 5.34. The Morgan fingerprint density at radius 1 is 1.12 bits per heavy atom. The molecular weight excluding hydrogens is 326 g/mol. The summed E-state index contributed by atoms with van der Waals surface area (Å²) in [6, 6.07) is 15.3. The topological polar surface area (TPSA) is 74.8 Å². The van der Waals surface area contributed by atoms with Gasteiger partial charge >= 0.3 is 0 Å².